The zero-order valence-corrected chi connectivity index (χ0v) is 10.5. The Hall–Kier alpha value is -1.82. The topological polar surface area (TPSA) is 30.2 Å². The normalized spacial score (nSPS) is 11.1. The van der Waals surface area contributed by atoms with Gasteiger partial charge in [-0.3, -0.25) is 4.40 Å². The molecule has 0 saturated heterocycles. The Morgan fingerprint density at radius 2 is 1.78 bits per heavy atom. The van der Waals surface area contributed by atoms with Crippen LogP contribution in [-0.4, -0.2) is 14.4 Å². The Morgan fingerprint density at radius 3 is 2.50 bits per heavy atom. The molecule has 0 unspecified atom stereocenters. The highest BCUT2D eigenvalue weighted by Crippen LogP contribution is 2.21. The third-order valence-corrected chi connectivity index (χ3v) is 2.85. The van der Waals surface area contributed by atoms with Gasteiger partial charge in [0.25, 0.3) is 0 Å². The van der Waals surface area contributed by atoms with Gasteiger partial charge in [0.05, 0.1) is 10.2 Å². The Morgan fingerprint density at radius 1 is 1.06 bits per heavy atom. The molecule has 0 spiro atoms. The number of fused-ring (bicyclic) bond motifs is 1. The number of nitrogens with zero attached hydrogens (tertiary/aromatic N) is 3. The standard InChI is InChI=1S/C12H6BrF2N3/c13-8-4-16-12-17-11(6-18(12)5-8)7-1-9(14)3-10(15)2-7/h1-6H. The van der Waals surface area contributed by atoms with Gasteiger partial charge in [-0.25, -0.2) is 18.7 Å². The van der Waals surface area contributed by atoms with Crippen LogP contribution in [0.3, 0.4) is 0 Å². The van der Waals surface area contributed by atoms with E-state index in [1.54, 1.807) is 23.0 Å². The van der Waals surface area contributed by atoms with E-state index in [9.17, 15) is 8.78 Å². The summed E-state index contributed by atoms with van der Waals surface area (Å²) in [6.45, 7) is 0. The number of aromatic nitrogens is 3. The van der Waals surface area contributed by atoms with Gasteiger partial charge in [0, 0.05) is 30.2 Å². The van der Waals surface area contributed by atoms with Crippen molar-refractivity contribution in [2.75, 3.05) is 0 Å². The first-order chi connectivity index (χ1) is 8.61. The van der Waals surface area contributed by atoms with Gasteiger partial charge in [0.15, 0.2) is 0 Å². The minimum absolute atomic E-state index is 0.383. The summed E-state index contributed by atoms with van der Waals surface area (Å²) in [4.78, 5) is 8.29. The molecule has 0 aliphatic carbocycles. The van der Waals surface area contributed by atoms with Gasteiger partial charge < -0.3 is 0 Å². The lowest BCUT2D eigenvalue weighted by atomic mass is 10.1. The number of hydrogen-bond donors (Lipinski definition) is 0. The number of hydrogen-bond acceptors (Lipinski definition) is 2. The van der Waals surface area contributed by atoms with E-state index in [-0.39, 0.29) is 0 Å². The molecule has 3 nitrogen and oxygen atoms in total. The zero-order valence-electron chi connectivity index (χ0n) is 8.94. The van der Waals surface area contributed by atoms with Gasteiger partial charge in [-0.1, -0.05) is 0 Å². The second-order valence-corrected chi connectivity index (χ2v) is 4.68. The van der Waals surface area contributed by atoms with E-state index in [0.717, 1.165) is 10.5 Å². The Kier molecular flexibility index (Phi) is 2.59. The summed E-state index contributed by atoms with van der Waals surface area (Å²) < 4.78 is 28.7. The molecular weight excluding hydrogens is 304 g/mol. The van der Waals surface area contributed by atoms with E-state index in [1.807, 2.05) is 0 Å². The van der Waals surface area contributed by atoms with E-state index in [2.05, 4.69) is 25.9 Å². The molecule has 0 aliphatic rings. The summed E-state index contributed by atoms with van der Waals surface area (Å²) in [7, 11) is 0. The lowest BCUT2D eigenvalue weighted by Gasteiger charge is -1.96. The van der Waals surface area contributed by atoms with E-state index >= 15 is 0 Å². The molecule has 0 amide bonds. The molecular formula is C12H6BrF2N3. The van der Waals surface area contributed by atoms with Crippen LogP contribution in [0.15, 0.2) is 41.3 Å². The molecule has 6 heteroatoms. The van der Waals surface area contributed by atoms with Gasteiger partial charge in [0.1, 0.15) is 11.6 Å². The van der Waals surface area contributed by atoms with Crippen molar-refractivity contribution in [1.29, 1.82) is 0 Å². The summed E-state index contributed by atoms with van der Waals surface area (Å²) >= 11 is 3.29. The quantitative estimate of drug-likeness (QED) is 0.689. The molecule has 0 aliphatic heterocycles. The van der Waals surface area contributed by atoms with Gasteiger partial charge in [0.2, 0.25) is 5.78 Å². The molecule has 90 valence electrons. The predicted molar refractivity (Wildman–Crippen MR) is 66.0 cm³/mol. The molecule has 3 rings (SSSR count). The smallest absolute Gasteiger partial charge is 0.234 e. The molecule has 0 bridgehead atoms. The van der Waals surface area contributed by atoms with Crippen LogP contribution in [0.4, 0.5) is 8.78 Å². The number of rotatable bonds is 1. The zero-order chi connectivity index (χ0) is 12.7. The molecule has 3 aromatic rings. The van der Waals surface area contributed by atoms with Crippen LogP contribution >= 0.6 is 15.9 Å². The van der Waals surface area contributed by atoms with E-state index < -0.39 is 11.6 Å². The number of halogens is 3. The molecule has 0 saturated carbocycles. The maximum atomic E-state index is 13.1. The van der Waals surface area contributed by atoms with Crippen molar-refractivity contribution in [3.8, 4) is 11.3 Å². The third-order valence-electron chi connectivity index (χ3n) is 2.44. The van der Waals surface area contributed by atoms with Crippen molar-refractivity contribution >= 4 is 21.7 Å². The van der Waals surface area contributed by atoms with Crippen molar-refractivity contribution in [2.45, 2.75) is 0 Å². The van der Waals surface area contributed by atoms with Crippen LogP contribution in [0.2, 0.25) is 0 Å². The van der Waals surface area contributed by atoms with Crippen molar-refractivity contribution in [3.05, 3.63) is 52.9 Å². The van der Waals surface area contributed by atoms with Gasteiger partial charge >= 0.3 is 0 Å². The van der Waals surface area contributed by atoms with Crippen molar-refractivity contribution in [3.63, 3.8) is 0 Å². The molecule has 2 heterocycles. The van der Waals surface area contributed by atoms with E-state index in [0.29, 0.717) is 17.0 Å². The number of benzene rings is 1. The van der Waals surface area contributed by atoms with E-state index in [1.165, 1.54) is 12.1 Å². The summed E-state index contributed by atoms with van der Waals surface area (Å²) in [6, 6.07) is 3.30. The van der Waals surface area contributed by atoms with Crippen LogP contribution in [0.5, 0.6) is 0 Å². The second kappa shape index (κ2) is 4.13. The van der Waals surface area contributed by atoms with Crippen molar-refractivity contribution in [2.24, 2.45) is 0 Å². The van der Waals surface area contributed by atoms with Gasteiger partial charge in [-0.05, 0) is 28.1 Å². The average Bonchev–Trinajstić information content (AvgIpc) is 2.70. The van der Waals surface area contributed by atoms with Gasteiger partial charge in [-0.2, -0.15) is 0 Å². The molecule has 18 heavy (non-hydrogen) atoms. The third kappa shape index (κ3) is 1.99. The first-order valence-corrected chi connectivity index (χ1v) is 5.88. The molecule has 0 atom stereocenters. The van der Waals surface area contributed by atoms with Crippen LogP contribution in [-0.2, 0) is 0 Å². The molecule has 0 N–H and O–H groups in total. The van der Waals surface area contributed by atoms with Crippen LogP contribution < -0.4 is 0 Å². The lowest BCUT2D eigenvalue weighted by Crippen LogP contribution is -1.85. The Bertz CT molecular complexity index is 719. The summed E-state index contributed by atoms with van der Waals surface area (Å²) in [5.41, 5.74) is 0.855. The molecule has 1 aromatic carbocycles. The minimum Gasteiger partial charge on any atom is -0.289 e. The molecule has 0 fully saturated rings. The summed E-state index contributed by atoms with van der Waals surface area (Å²) in [5.74, 6) is -0.787. The SMILES string of the molecule is Fc1cc(F)cc(-c2cn3cc(Br)cnc3n2)c1. The highest BCUT2D eigenvalue weighted by molar-refractivity contribution is 9.10. The summed E-state index contributed by atoms with van der Waals surface area (Å²) in [6.07, 6.45) is 5.05. The van der Waals surface area contributed by atoms with Crippen LogP contribution in [0.25, 0.3) is 17.0 Å². The summed E-state index contributed by atoms with van der Waals surface area (Å²) in [5, 5.41) is 0. The highest BCUT2D eigenvalue weighted by Gasteiger charge is 2.08. The number of imidazole rings is 1. The maximum Gasteiger partial charge on any atom is 0.234 e. The second-order valence-electron chi connectivity index (χ2n) is 3.76. The predicted octanol–water partition coefficient (Wildman–Crippen LogP) is 3.44. The van der Waals surface area contributed by atoms with Crippen LogP contribution in [0.1, 0.15) is 0 Å². The fourth-order valence-corrected chi connectivity index (χ4v) is 2.02. The first-order valence-electron chi connectivity index (χ1n) is 5.08. The van der Waals surface area contributed by atoms with Crippen LogP contribution in [0, 0.1) is 11.6 Å². The van der Waals surface area contributed by atoms with Crippen molar-refractivity contribution < 1.29 is 8.78 Å². The maximum absolute atomic E-state index is 13.1. The fourth-order valence-electron chi connectivity index (χ4n) is 1.70. The lowest BCUT2D eigenvalue weighted by molar-refractivity contribution is 0.584. The monoisotopic (exact) mass is 309 g/mol. The first kappa shape index (κ1) is 11.3. The molecule has 0 radical (unpaired) electrons. The Balaban J connectivity index is 2.19. The fraction of sp³-hybridized carbons (Fsp3) is 0. The van der Waals surface area contributed by atoms with E-state index in [4.69, 9.17) is 0 Å². The average molecular weight is 310 g/mol. The largest absolute Gasteiger partial charge is 0.289 e. The minimum atomic E-state index is -0.629. The van der Waals surface area contributed by atoms with Crippen molar-refractivity contribution in [1.82, 2.24) is 14.4 Å². The highest BCUT2D eigenvalue weighted by atomic mass is 79.9. The van der Waals surface area contributed by atoms with Gasteiger partial charge in [-0.15, -0.1) is 0 Å². The molecule has 2 aromatic heterocycles. The Labute approximate surface area is 109 Å².